The van der Waals surface area contributed by atoms with Crippen LogP contribution in [0.15, 0.2) is 29.4 Å². The lowest BCUT2D eigenvalue weighted by Crippen LogP contribution is -2.33. The number of aryl methyl sites for hydroxylation is 1. The van der Waals surface area contributed by atoms with Gasteiger partial charge in [-0.25, -0.2) is 9.07 Å². The van der Waals surface area contributed by atoms with Gasteiger partial charge in [-0.05, 0) is 74.0 Å². The molecule has 0 bridgehead atoms. The van der Waals surface area contributed by atoms with Crippen LogP contribution in [0, 0.1) is 5.82 Å². The number of hydrogen-bond donors (Lipinski definition) is 0. The highest BCUT2D eigenvalue weighted by molar-refractivity contribution is 7.98. The van der Waals surface area contributed by atoms with Crippen LogP contribution in [0.5, 0.6) is 0 Å². The zero-order valence-electron chi connectivity index (χ0n) is 18.1. The monoisotopic (exact) mass is 444 g/mol. The molecule has 1 fully saturated rings. The standard InChI is InChI=1S/C21H29FN8S/c1-3-4-14-29-19(23-26-27-29)15-31-21-25-24-20(16(2)28-12-6-5-7-13-28)30(21)18-10-8-17(22)9-11-18/h8-11,16H,3-7,12-15H2,1-2H3/t16-/m0/s1. The topological polar surface area (TPSA) is 77.5 Å². The third-order valence-corrected chi connectivity index (χ3v) is 6.64. The minimum atomic E-state index is -0.258. The lowest BCUT2D eigenvalue weighted by Gasteiger charge is -2.31. The minimum absolute atomic E-state index is 0.127. The average Bonchev–Trinajstić information content (AvgIpc) is 3.43. The largest absolute Gasteiger partial charge is 0.294 e. The molecule has 1 aliphatic heterocycles. The molecule has 8 nitrogen and oxygen atoms in total. The van der Waals surface area contributed by atoms with Crippen LogP contribution in [0.25, 0.3) is 5.69 Å². The first-order valence-electron chi connectivity index (χ1n) is 11.0. The average molecular weight is 445 g/mol. The molecule has 1 atom stereocenters. The van der Waals surface area contributed by atoms with E-state index in [0.29, 0.717) is 5.75 Å². The molecule has 2 aromatic heterocycles. The summed E-state index contributed by atoms with van der Waals surface area (Å²) in [6.07, 6.45) is 5.81. The fourth-order valence-electron chi connectivity index (χ4n) is 3.88. The number of likely N-dealkylation sites (tertiary alicyclic amines) is 1. The van der Waals surface area contributed by atoms with Gasteiger partial charge < -0.3 is 0 Å². The number of piperidine rings is 1. The Morgan fingerprint density at radius 2 is 1.84 bits per heavy atom. The fourth-order valence-corrected chi connectivity index (χ4v) is 4.78. The molecular formula is C21H29FN8S. The van der Waals surface area contributed by atoms with Crippen LogP contribution in [0.4, 0.5) is 4.39 Å². The Labute approximate surface area is 186 Å². The normalized spacial score (nSPS) is 16.0. The third-order valence-electron chi connectivity index (χ3n) is 5.72. The maximum Gasteiger partial charge on any atom is 0.196 e. The van der Waals surface area contributed by atoms with Crippen molar-refractivity contribution in [1.82, 2.24) is 39.9 Å². The fraction of sp³-hybridized carbons (Fsp3) is 0.571. The molecule has 3 heterocycles. The van der Waals surface area contributed by atoms with E-state index in [0.717, 1.165) is 55.0 Å². The first kappa shape index (κ1) is 21.9. The summed E-state index contributed by atoms with van der Waals surface area (Å²) in [6, 6.07) is 6.64. The van der Waals surface area contributed by atoms with Crippen molar-refractivity contribution in [2.24, 2.45) is 0 Å². The highest BCUT2D eigenvalue weighted by atomic mass is 32.2. The lowest BCUT2D eigenvalue weighted by atomic mass is 10.1. The number of thioether (sulfide) groups is 1. The van der Waals surface area contributed by atoms with E-state index in [4.69, 9.17) is 0 Å². The summed E-state index contributed by atoms with van der Waals surface area (Å²) in [5.41, 5.74) is 0.860. The van der Waals surface area contributed by atoms with Crippen LogP contribution in [-0.2, 0) is 12.3 Å². The van der Waals surface area contributed by atoms with Crippen molar-refractivity contribution in [2.45, 2.75) is 69.4 Å². The van der Waals surface area contributed by atoms with Gasteiger partial charge in [-0.15, -0.1) is 15.3 Å². The number of nitrogens with zero attached hydrogens (tertiary/aromatic N) is 8. The summed E-state index contributed by atoms with van der Waals surface area (Å²) in [5, 5.41) is 21.9. The van der Waals surface area contributed by atoms with Crippen molar-refractivity contribution in [3.8, 4) is 5.69 Å². The molecule has 0 spiro atoms. The van der Waals surface area contributed by atoms with Crippen molar-refractivity contribution >= 4 is 11.8 Å². The zero-order chi connectivity index (χ0) is 21.6. The first-order chi connectivity index (χ1) is 15.2. The van der Waals surface area contributed by atoms with Gasteiger partial charge in [-0.3, -0.25) is 9.47 Å². The maximum atomic E-state index is 13.6. The van der Waals surface area contributed by atoms with Gasteiger partial charge >= 0.3 is 0 Å². The van der Waals surface area contributed by atoms with E-state index >= 15 is 0 Å². The summed E-state index contributed by atoms with van der Waals surface area (Å²) < 4.78 is 17.5. The van der Waals surface area contributed by atoms with Crippen LogP contribution < -0.4 is 0 Å². The quantitative estimate of drug-likeness (QED) is 0.461. The number of tetrazole rings is 1. The second-order valence-electron chi connectivity index (χ2n) is 7.89. The van der Waals surface area contributed by atoms with E-state index in [9.17, 15) is 4.39 Å². The number of aromatic nitrogens is 7. The Balaban J connectivity index is 1.60. The van der Waals surface area contributed by atoms with Crippen molar-refractivity contribution in [1.29, 1.82) is 0 Å². The maximum absolute atomic E-state index is 13.6. The van der Waals surface area contributed by atoms with Gasteiger partial charge in [0.15, 0.2) is 16.8 Å². The van der Waals surface area contributed by atoms with Gasteiger partial charge in [0, 0.05) is 12.2 Å². The Morgan fingerprint density at radius 1 is 1.06 bits per heavy atom. The second-order valence-corrected chi connectivity index (χ2v) is 8.83. The Morgan fingerprint density at radius 3 is 2.58 bits per heavy atom. The molecule has 0 radical (unpaired) electrons. The molecule has 3 aromatic rings. The Bertz CT molecular complexity index is 964. The van der Waals surface area contributed by atoms with E-state index in [1.54, 1.807) is 23.9 Å². The molecule has 1 aliphatic rings. The van der Waals surface area contributed by atoms with Crippen molar-refractivity contribution in [3.63, 3.8) is 0 Å². The van der Waals surface area contributed by atoms with Gasteiger partial charge in [0.25, 0.3) is 0 Å². The van der Waals surface area contributed by atoms with Crippen LogP contribution in [0.3, 0.4) is 0 Å². The van der Waals surface area contributed by atoms with E-state index in [2.05, 4.69) is 44.5 Å². The van der Waals surface area contributed by atoms with Crippen molar-refractivity contribution in [2.75, 3.05) is 13.1 Å². The molecule has 31 heavy (non-hydrogen) atoms. The molecule has 0 N–H and O–H groups in total. The van der Waals surface area contributed by atoms with Crippen LogP contribution >= 0.6 is 11.8 Å². The third kappa shape index (κ3) is 5.12. The SMILES string of the molecule is CCCCn1nnnc1CSc1nnc([C@H](C)N2CCCCC2)n1-c1ccc(F)cc1. The smallest absolute Gasteiger partial charge is 0.196 e. The Kier molecular flexibility index (Phi) is 7.29. The molecule has 10 heteroatoms. The van der Waals surface area contributed by atoms with Gasteiger partial charge in [-0.1, -0.05) is 31.5 Å². The predicted molar refractivity (Wildman–Crippen MR) is 117 cm³/mol. The molecule has 0 aliphatic carbocycles. The predicted octanol–water partition coefficient (Wildman–Crippen LogP) is 4.03. The summed E-state index contributed by atoms with van der Waals surface area (Å²) >= 11 is 1.55. The van der Waals surface area contributed by atoms with Gasteiger partial charge in [0.05, 0.1) is 11.8 Å². The summed E-state index contributed by atoms with van der Waals surface area (Å²) in [6.45, 7) is 7.25. The van der Waals surface area contributed by atoms with Gasteiger partial charge in [0.2, 0.25) is 0 Å². The molecule has 1 saturated heterocycles. The summed E-state index contributed by atoms with van der Waals surface area (Å²) in [7, 11) is 0. The highest BCUT2D eigenvalue weighted by Gasteiger charge is 2.25. The molecule has 166 valence electrons. The zero-order valence-corrected chi connectivity index (χ0v) is 18.9. The summed E-state index contributed by atoms with van der Waals surface area (Å²) in [5.74, 6) is 2.03. The molecule has 0 amide bonds. The van der Waals surface area contributed by atoms with E-state index in [1.807, 2.05) is 9.25 Å². The minimum Gasteiger partial charge on any atom is -0.294 e. The van der Waals surface area contributed by atoms with Gasteiger partial charge in [-0.2, -0.15) is 0 Å². The van der Waals surface area contributed by atoms with Gasteiger partial charge in [0.1, 0.15) is 5.82 Å². The number of halogens is 1. The van der Waals surface area contributed by atoms with Crippen LogP contribution in [0.1, 0.15) is 63.6 Å². The molecular weight excluding hydrogens is 415 g/mol. The number of rotatable bonds is 9. The molecule has 0 unspecified atom stereocenters. The first-order valence-corrected chi connectivity index (χ1v) is 12.0. The molecule has 0 saturated carbocycles. The van der Waals surface area contributed by atoms with Crippen LogP contribution in [-0.4, -0.2) is 53.0 Å². The highest BCUT2D eigenvalue weighted by Crippen LogP contribution is 2.30. The Hall–Kier alpha value is -2.33. The number of benzene rings is 1. The molecule has 4 rings (SSSR count). The summed E-state index contributed by atoms with van der Waals surface area (Å²) in [4.78, 5) is 2.45. The number of hydrogen-bond acceptors (Lipinski definition) is 7. The van der Waals surface area contributed by atoms with Crippen molar-refractivity contribution < 1.29 is 4.39 Å². The van der Waals surface area contributed by atoms with E-state index in [-0.39, 0.29) is 11.9 Å². The van der Waals surface area contributed by atoms with Crippen LogP contribution in [0.2, 0.25) is 0 Å². The number of unbranched alkanes of at least 4 members (excludes halogenated alkanes) is 1. The van der Waals surface area contributed by atoms with Crippen molar-refractivity contribution in [3.05, 3.63) is 41.7 Å². The van der Waals surface area contributed by atoms with E-state index in [1.165, 1.54) is 31.4 Å². The second kappa shape index (κ2) is 10.3. The lowest BCUT2D eigenvalue weighted by molar-refractivity contribution is 0.167. The molecule has 1 aromatic carbocycles. The van der Waals surface area contributed by atoms with E-state index < -0.39 is 0 Å².